The molecule has 1 aromatic rings. The Morgan fingerprint density at radius 1 is 1.50 bits per heavy atom. The molecule has 2 rings (SSSR count). The fourth-order valence-electron chi connectivity index (χ4n) is 2.30. The summed E-state index contributed by atoms with van der Waals surface area (Å²) in [7, 11) is 0. The molecule has 5 heteroatoms. The molecule has 2 heterocycles. The highest BCUT2D eigenvalue weighted by atomic mass is 16.5. The van der Waals surface area contributed by atoms with Gasteiger partial charge in [-0.15, -0.1) is 0 Å². The molecule has 5 nitrogen and oxygen atoms in total. The molecule has 1 saturated heterocycles. The van der Waals surface area contributed by atoms with Crippen LogP contribution in [0.4, 0.5) is 5.95 Å². The van der Waals surface area contributed by atoms with Crippen molar-refractivity contribution in [3.8, 4) is 0 Å². The van der Waals surface area contributed by atoms with Gasteiger partial charge in [0.25, 0.3) is 0 Å². The Labute approximate surface area is 109 Å². The minimum Gasteiger partial charge on any atom is -0.373 e. The fourth-order valence-corrected chi connectivity index (χ4v) is 2.30. The first kappa shape index (κ1) is 13.4. The minimum absolute atomic E-state index is 0.0568. The van der Waals surface area contributed by atoms with E-state index in [1.807, 2.05) is 19.3 Å². The van der Waals surface area contributed by atoms with Crippen LogP contribution in [0.15, 0.2) is 12.4 Å². The Morgan fingerprint density at radius 3 is 2.94 bits per heavy atom. The quantitative estimate of drug-likeness (QED) is 0.871. The number of morpholine rings is 1. The molecule has 0 saturated carbocycles. The van der Waals surface area contributed by atoms with Crippen LogP contribution >= 0.6 is 0 Å². The molecule has 1 aliphatic rings. The third-order valence-electron chi connectivity index (χ3n) is 3.22. The van der Waals surface area contributed by atoms with Crippen molar-refractivity contribution >= 4 is 5.95 Å². The average molecular weight is 252 g/mol. The van der Waals surface area contributed by atoms with Gasteiger partial charge in [-0.3, -0.25) is 0 Å². The summed E-state index contributed by atoms with van der Waals surface area (Å²) >= 11 is 0. The summed E-state index contributed by atoms with van der Waals surface area (Å²) in [6.45, 7) is 9.86. The highest BCUT2D eigenvalue weighted by molar-refractivity contribution is 5.32. The lowest BCUT2D eigenvalue weighted by molar-refractivity contribution is 0.0268. The van der Waals surface area contributed by atoms with Crippen LogP contribution in [0.3, 0.4) is 0 Å². The standard InChI is InChI=1S/C13H24N4O/c1-10(2)8-16-5-4-15-13(16)17-6-7-18-12(9-17)11(3)14/h4-5,10-12H,6-9,14H2,1-3H3. The topological polar surface area (TPSA) is 56.3 Å². The van der Waals surface area contributed by atoms with Gasteiger partial charge < -0.3 is 19.9 Å². The van der Waals surface area contributed by atoms with Crippen LogP contribution < -0.4 is 10.6 Å². The molecule has 0 aliphatic carbocycles. The second-order valence-electron chi connectivity index (χ2n) is 5.49. The number of ether oxygens (including phenoxy) is 1. The van der Waals surface area contributed by atoms with Crippen LogP contribution in [0, 0.1) is 5.92 Å². The molecule has 1 aromatic heterocycles. The zero-order chi connectivity index (χ0) is 13.1. The maximum absolute atomic E-state index is 5.92. The molecule has 0 spiro atoms. The van der Waals surface area contributed by atoms with E-state index in [1.54, 1.807) is 0 Å². The van der Waals surface area contributed by atoms with E-state index in [0.29, 0.717) is 5.92 Å². The summed E-state index contributed by atoms with van der Waals surface area (Å²) in [5.74, 6) is 1.65. The van der Waals surface area contributed by atoms with Crippen LogP contribution in [0.2, 0.25) is 0 Å². The molecule has 2 unspecified atom stereocenters. The molecular weight excluding hydrogens is 228 g/mol. The summed E-state index contributed by atoms with van der Waals surface area (Å²) in [5, 5.41) is 0. The van der Waals surface area contributed by atoms with Gasteiger partial charge in [0.1, 0.15) is 0 Å². The molecule has 1 aliphatic heterocycles. The zero-order valence-corrected chi connectivity index (χ0v) is 11.5. The van der Waals surface area contributed by atoms with Gasteiger partial charge in [0.2, 0.25) is 5.95 Å². The number of nitrogens with two attached hydrogens (primary N) is 1. The Hall–Kier alpha value is -1.07. The summed E-state index contributed by atoms with van der Waals surface area (Å²) < 4.78 is 7.90. The summed E-state index contributed by atoms with van der Waals surface area (Å²) in [6.07, 6.45) is 4.02. The van der Waals surface area contributed by atoms with Crippen molar-refractivity contribution in [2.24, 2.45) is 11.7 Å². The third kappa shape index (κ3) is 3.03. The van der Waals surface area contributed by atoms with Crippen molar-refractivity contribution in [3.63, 3.8) is 0 Å². The average Bonchev–Trinajstić information content (AvgIpc) is 2.76. The lowest BCUT2D eigenvalue weighted by Crippen LogP contribution is -2.50. The van der Waals surface area contributed by atoms with E-state index in [1.165, 1.54) is 0 Å². The van der Waals surface area contributed by atoms with Crippen LogP contribution in [-0.2, 0) is 11.3 Å². The number of hydrogen-bond acceptors (Lipinski definition) is 4. The number of anilines is 1. The van der Waals surface area contributed by atoms with Gasteiger partial charge in [0.05, 0.1) is 12.7 Å². The molecule has 2 atom stereocenters. The molecular formula is C13H24N4O. The van der Waals surface area contributed by atoms with E-state index in [2.05, 4.69) is 28.3 Å². The Balaban J connectivity index is 2.08. The van der Waals surface area contributed by atoms with E-state index in [9.17, 15) is 0 Å². The third-order valence-corrected chi connectivity index (χ3v) is 3.22. The van der Waals surface area contributed by atoms with Crippen molar-refractivity contribution in [2.45, 2.75) is 39.5 Å². The van der Waals surface area contributed by atoms with Gasteiger partial charge in [0.15, 0.2) is 0 Å². The molecule has 0 amide bonds. The predicted octanol–water partition coefficient (Wildman–Crippen LogP) is 1.09. The number of nitrogens with zero attached hydrogens (tertiary/aromatic N) is 3. The number of imidazole rings is 1. The van der Waals surface area contributed by atoms with E-state index < -0.39 is 0 Å². The van der Waals surface area contributed by atoms with Gasteiger partial charge in [-0.25, -0.2) is 4.98 Å². The normalized spacial score (nSPS) is 22.5. The van der Waals surface area contributed by atoms with Crippen LogP contribution in [0.25, 0.3) is 0 Å². The second kappa shape index (κ2) is 5.71. The van der Waals surface area contributed by atoms with Gasteiger partial charge in [-0.05, 0) is 12.8 Å². The number of rotatable bonds is 4. The van der Waals surface area contributed by atoms with Gasteiger partial charge >= 0.3 is 0 Å². The maximum atomic E-state index is 5.92. The SMILES string of the molecule is CC(C)Cn1ccnc1N1CCOC(C(C)N)C1. The summed E-state index contributed by atoms with van der Waals surface area (Å²) in [4.78, 5) is 6.76. The van der Waals surface area contributed by atoms with Crippen LogP contribution in [0.5, 0.6) is 0 Å². The first-order chi connectivity index (χ1) is 8.58. The zero-order valence-electron chi connectivity index (χ0n) is 11.5. The first-order valence-electron chi connectivity index (χ1n) is 6.71. The number of aromatic nitrogens is 2. The van der Waals surface area contributed by atoms with Gasteiger partial charge in [0, 0.05) is 38.1 Å². The number of hydrogen-bond donors (Lipinski definition) is 1. The molecule has 0 radical (unpaired) electrons. The largest absolute Gasteiger partial charge is 0.373 e. The van der Waals surface area contributed by atoms with E-state index >= 15 is 0 Å². The van der Waals surface area contributed by atoms with E-state index in [4.69, 9.17) is 10.5 Å². The van der Waals surface area contributed by atoms with Crippen LogP contribution in [-0.4, -0.2) is 41.4 Å². The molecule has 2 N–H and O–H groups in total. The second-order valence-corrected chi connectivity index (χ2v) is 5.49. The molecule has 0 bridgehead atoms. The molecule has 0 aromatic carbocycles. The van der Waals surface area contributed by atoms with Crippen molar-refractivity contribution in [3.05, 3.63) is 12.4 Å². The van der Waals surface area contributed by atoms with Crippen molar-refractivity contribution in [1.82, 2.24) is 9.55 Å². The lowest BCUT2D eigenvalue weighted by atomic mass is 10.1. The molecule has 102 valence electrons. The fraction of sp³-hybridized carbons (Fsp3) is 0.769. The van der Waals surface area contributed by atoms with Gasteiger partial charge in [-0.2, -0.15) is 0 Å². The Kier molecular flexibility index (Phi) is 4.24. The highest BCUT2D eigenvalue weighted by Crippen LogP contribution is 2.18. The van der Waals surface area contributed by atoms with Crippen molar-refractivity contribution in [1.29, 1.82) is 0 Å². The Bertz CT molecular complexity index is 375. The first-order valence-corrected chi connectivity index (χ1v) is 6.71. The maximum Gasteiger partial charge on any atom is 0.205 e. The van der Waals surface area contributed by atoms with Crippen LogP contribution in [0.1, 0.15) is 20.8 Å². The predicted molar refractivity (Wildman–Crippen MR) is 72.7 cm³/mol. The smallest absolute Gasteiger partial charge is 0.205 e. The van der Waals surface area contributed by atoms with Crippen molar-refractivity contribution in [2.75, 3.05) is 24.6 Å². The van der Waals surface area contributed by atoms with E-state index in [0.717, 1.165) is 32.2 Å². The van der Waals surface area contributed by atoms with Crippen molar-refractivity contribution < 1.29 is 4.74 Å². The molecule has 18 heavy (non-hydrogen) atoms. The van der Waals surface area contributed by atoms with E-state index in [-0.39, 0.29) is 12.1 Å². The summed E-state index contributed by atoms with van der Waals surface area (Å²) in [6, 6.07) is 0.0568. The Morgan fingerprint density at radius 2 is 2.28 bits per heavy atom. The monoisotopic (exact) mass is 252 g/mol. The van der Waals surface area contributed by atoms with Gasteiger partial charge in [-0.1, -0.05) is 13.8 Å². The lowest BCUT2D eigenvalue weighted by Gasteiger charge is -2.35. The highest BCUT2D eigenvalue weighted by Gasteiger charge is 2.25. The molecule has 1 fully saturated rings. The minimum atomic E-state index is 0.0568. The summed E-state index contributed by atoms with van der Waals surface area (Å²) in [5.41, 5.74) is 5.92.